The topological polar surface area (TPSA) is 73.6 Å². The van der Waals surface area contributed by atoms with Crippen LogP contribution in [0.15, 0.2) is 60.8 Å². The van der Waals surface area contributed by atoms with E-state index < -0.39 is 0 Å². The maximum atomic E-state index is 13.0. The van der Waals surface area contributed by atoms with Gasteiger partial charge in [-0.25, -0.2) is 9.37 Å². The molecular formula is C20H17FN4O. The second kappa shape index (κ2) is 6.84. The van der Waals surface area contributed by atoms with Crippen molar-refractivity contribution < 1.29 is 9.18 Å². The van der Waals surface area contributed by atoms with Gasteiger partial charge in [0.2, 0.25) is 0 Å². The monoisotopic (exact) mass is 348 g/mol. The summed E-state index contributed by atoms with van der Waals surface area (Å²) < 4.78 is 13.0. The molecule has 0 saturated heterocycles. The van der Waals surface area contributed by atoms with Gasteiger partial charge < -0.3 is 15.3 Å². The van der Waals surface area contributed by atoms with Crippen molar-refractivity contribution in [1.82, 2.24) is 20.3 Å². The number of hydrogen-bond donors (Lipinski definition) is 3. The predicted octanol–water partition coefficient (Wildman–Crippen LogP) is 3.67. The Kier molecular flexibility index (Phi) is 4.23. The number of imidazole rings is 1. The number of hydrogen-bond acceptors (Lipinski definition) is 2. The summed E-state index contributed by atoms with van der Waals surface area (Å²) in [6.07, 6.45) is 2.35. The lowest BCUT2D eigenvalue weighted by molar-refractivity contribution is 0.0949. The number of carbonyl (C=O) groups excluding carboxylic acids is 1. The predicted molar refractivity (Wildman–Crippen MR) is 98.3 cm³/mol. The Balaban J connectivity index is 1.37. The van der Waals surface area contributed by atoms with E-state index in [1.807, 2.05) is 24.3 Å². The van der Waals surface area contributed by atoms with E-state index in [1.165, 1.54) is 12.1 Å². The molecule has 0 fully saturated rings. The summed E-state index contributed by atoms with van der Waals surface area (Å²) in [7, 11) is 0. The van der Waals surface area contributed by atoms with Crippen LogP contribution < -0.4 is 5.32 Å². The Morgan fingerprint density at radius 2 is 1.88 bits per heavy atom. The number of carbonyl (C=O) groups is 1. The van der Waals surface area contributed by atoms with Gasteiger partial charge in [-0.3, -0.25) is 4.79 Å². The SMILES string of the molecule is O=C(NCCc1nc2ccccc2[nH]1)c1cc(-c2ccc(F)cc2)c[nH]1. The number of fused-ring (bicyclic) bond motifs is 1. The van der Waals surface area contributed by atoms with E-state index >= 15 is 0 Å². The zero-order valence-corrected chi connectivity index (χ0v) is 13.9. The van der Waals surface area contributed by atoms with Crippen LogP contribution in [0.1, 0.15) is 16.3 Å². The van der Waals surface area contributed by atoms with Crippen LogP contribution in [0.4, 0.5) is 4.39 Å². The summed E-state index contributed by atoms with van der Waals surface area (Å²) in [5, 5.41) is 2.88. The average Bonchev–Trinajstić information content (AvgIpc) is 3.29. The maximum absolute atomic E-state index is 13.0. The van der Waals surface area contributed by atoms with Crippen molar-refractivity contribution >= 4 is 16.9 Å². The van der Waals surface area contributed by atoms with Crippen LogP contribution in [0.5, 0.6) is 0 Å². The molecule has 1 amide bonds. The number of benzene rings is 2. The van der Waals surface area contributed by atoms with Crippen molar-refractivity contribution in [2.75, 3.05) is 6.54 Å². The Morgan fingerprint density at radius 3 is 2.69 bits per heavy atom. The zero-order valence-electron chi connectivity index (χ0n) is 13.9. The highest BCUT2D eigenvalue weighted by molar-refractivity contribution is 5.93. The highest BCUT2D eigenvalue weighted by Gasteiger charge is 2.10. The number of nitrogens with one attached hydrogen (secondary N) is 3. The van der Waals surface area contributed by atoms with E-state index in [-0.39, 0.29) is 11.7 Å². The van der Waals surface area contributed by atoms with Crippen LogP contribution in [0, 0.1) is 5.82 Å². The summed E-state index contributed by atoms with van der Waals surface area (Å²) in [6.45, 7) is 0.476. The number of nitrogens with zero attached hydrogens (tertiary/aromatic N) is 1. The highest BCUT2D eigenvalue weighted by atomic mass is 19.1. The average molecular weight is 348 g/mol. The highest BCUT2D eigenvalue weighted by Crippen LogP contribution is 2.20. The van der Waals surface area contributed by atoms with Crippen LogP contribution in [-0.2, 0) is 6.42 Å². The lowest BCUT2D eigenvalue weighted by Gasteiger charge is -2.02. The van der Waals surface area contributed by atoms with Gasteiger partial charge in [0.1, 0.15) is 17.3 Å². The van der Waals surface area contributed by atoms with Gasteiger partial charge in [0, 0.05) is 19.2 Å². The van der Waals surface area contributed by atoms with Gasteiger partial charge in [-0.1, -0.05) is 24.3 Å². The first kappa shape index (κ1) is 16.1. The molecule has 0 atom stereocenters. The molecule has 0 radical (unpaired) electrons. The Morgan fingerprint density at radius 1 is 1.08 bits per heavy atom. The summed E-state index contributed by atoms with van der Waals surface area (Å²) in [5.41, 5.74) is 4.06. The minimum atomic E-state index is -0.284. The van der Waals surface area contributed by atoms with Crippen molar-refractivity contribution in [3.05, 3.63) is 78.1 Å². The first-order chi connectivity index (χ1) is 12.7. The van der Waals surface area contributed by atoms with Crippen molar-refractivity contribution in [3.8, 4) is 11.1 Å². The van der Waals surface area contributed by atoms with Crippen molar-refractivity contribution in [3.63, 3.8) is 0 Å². The summed E-state index contributed by atoms with van der Waals surface area (Å²) in [5.74, 6) is 0.368. The van der Waals surface area contributed by atoms with Crippen LogP contribution in [0.2, 0.25) is 0 Å². The molecule has 3 N–H and O–H groups in total. The lowest BCUT2D eigenvalue weighted by atomic mass is 10.1. The third kappa shape index (κ3) is 3.35. The van der Waals surface area contributed by atoms with E-state index in [9.17, 15) is 9.18 Å². The van der Waals surface area contributed by atoms with E-state index in [2.05, 4.69) is 20.3 Å². The second-order valence-electron chi connectivity index (χ2n) is 6.02. The normalized spacial score (nSPS) is 11.0. The molecular weight excluding hydrogens is 331 g/mol. The molecule has 2 heterocycles. The third-order valence-corrected chi connectivity index (χ3v) is 4.19. The van der Waals surface area contributed by atoms with Crippen molar-refractivity contribution in [2.24, 2.45) is 0 Å². The molecule has 6 heteroatoms. The summed E-state index contributed by atoms with van der Waals surface area (Å²) in [4.78, 5) is 23.0. The summed E-state index contributed by atoms with van der Waals surface area (Å²) in [6, 6.07) is 15.7. The van der Waals surface area contributed by atoms with Gasteiger partial charge in [0.15, 0.2) is 0 Å². The molecule has 2 aromatic heterocycles. The molecule has 0 saturated carbocycles. The maximum Gasteiger partial charge on any atom is 0.267 e. The molecule has 0 aliphatic heterocycles. The first-order valence-corrected chi connectivity index (χ1v) is 8.35. The fourth-order valence-electron chi connectivity index (χ4n) is 2.85. The minimum absolute atomic E-state index is 0.186. The molecule has 0 aliphatic carbocycles. The van der Waals surface area contributed by atoms with Crippen molar-refractivity contribution in [1.29, 1.82) is 0 Å². The standard InChI is InChI=1S/C20H17FN4O/c21-15-7-5-13(6-8-15)14-11-18(23-12-14)20(26)22-10-9-19-24-16-3-1-2-4-17(16)25-19/h1-8,11-12,23H,9-10H2,(H,22,26)(H,24,25). The number of aromatic nitrogens is 3. The fraction of sp³-hybridized carbons (Fsp3) is 0.100. The van der Waals surface area contributed by atoms with E-state index in [0.29, 0.717) is 18.7 Å². The number of rotatable bonds is 5. The quantitative estimate of drug-likeness (QED) is 0.515. The Bertz CT molecular complexity index is 1020. The van der Waals surface area contributed by atoms with Crippen LogP contribution in [-0.4, -0.2) is 27.4 Å². The van der Waals surface area contributed by atoms with Crippen LogP contribution in [0.25, 0.3) is 22.2 Å². The second-order valence-corrected chi connectivity index (χ2v) is 6.02. The number of halogens is 1. The molecule has 4 aromatic rings. The largest absolute Gasteiger partial charge is 0.357 e. The molecule has 2 aromatic carbocycles. The van der Waals surface area contributed by atoms with Gasteiger partial charge >= 0.3 is 0 Å². The fourth-order valence-corrected chi connectivity index (χ4v) is 2.85. The molecule has 0 aliphatic rings. The summed E-state index contributed by atoms with van der Waals surface area (Å²) >= 11 is 0. The smallest absolute Gasteiger partial charge is 0.267 e. The molecule has 0 unspecified atom stereocenters. The molecule has 0 spiro atoms. The Labute approximate surface area is 149 Å². The van der Waals surface area contributed by atoms with Gasteiger partial charge in [0.25, 0.3) is 5.91 Å². The lowest BCUT2D eigenvalue weighted by Crippen LogP contribution is -2.26. The number of amides is 1. The molecule has 5 nitrogen and oxygen atoms in total. The van der Waals surface area contributed by atoms with Gasteiger partial charge in [-0.15, -0.1) is 0 Å². The molecule has 0 bridgehead atoms. The number of para-hydroxylation sites is 2. The van der Waals surface area contributed by atoms with E-state index in [4.69, 9.17) is 0 Å². The zero-order chi connectivity index (χ0) is 17.9. The molecule has 4 rings (SSSR count). The van der Waals surface area contributed by atoms with Crippen LogP contribution >= 0.6 is 0 Å². The molecule has 130 valence electrons. The van der Waals surface area contributed by atoms with Crippen molar-refractivity contribution in [2.45, 2.75) is 6.42 Å². The molecule has 26 heavy (non-hydrogen) atoms. The van der Waals surface area contributed by atoms with E-state index in [0.717, 1.165) is 28.0 Å². The number of H-pyrrole nitrogens is 2. The van der Waals surface area contributed by atoms with Crippen LogP contribution in [0.3, 0.4) is 0 Å². The third-order valence-electron chi connectivity index (χ3n) is 4.19. The van der Waals surface area contributed by atoms with Gasteiger partial charge in [0.05, 0.1) is 11.0 Å². The van der Waals surface area contributed by atoms with Gasteiger partial charge in [-0.2, -0.15) is 0 Å². The Hall–Kier alpha value is -3.41. The van der Waals surface area contributed by atoms with Gasteiger partial charge in [-0.05, 0) is 41.5 Å². The minimum Gasteiger partial charge on any atom is -0.357 e. The number of aromatic amines is 2. The first-order valence-electron chi connectivity index (χ1n) is 8.35. The van der Waals surface area contributed by atoms with E-state index in [1.54, 1.807) is 24.4 Å².